The van der Waals surface area contributed by atoms with Gasteiger partial charge in [0.1, 0.15) is 0 Å². The number of carbonyl (C=O) groups is 2. The van der Waals surface area contributed by atoms with E-state index in [1.54, 1.807) is 30.6 Å². The minimum atomic E-state index is -0.539. The molecule has 0 aliphatic heterocycles. The first-order valence-corrected chi connectivity index (χ1v) is 5.69. The number of amides is 2. The summed E-state index contributed by atoms with van der Waals surface area (Å²) in [6.07, 6.45) is 3.05. The molecular formula is C14H15N2O3. The standard InChI is InChI=1S/C14H15N2O3/c1-15-13(18)9-16(2)14(19)12(10-17)8-11-6-4-3-5-7-11/h3-8H,9H2,1-2H3,(H,15,18). The molecule has 0 spiro atoms. The van der Waals surface area contributed by atoms with Gasteiger partial charge in [-0.05, 0) is 11.6 Å². The third kappa shape index (κ3) is 4.39. The van der Waals surface area contributed by atoms with Crippen molar-refractivity contribution >= 4 is 24.2 Å². The number of nitrogens with zero attached hydrogens (tertiary/aromatic N) is 1. The minimum Gasteiger partial charge on any atom is -0.358 e. The van der Waals surface area contributed by atoms with Crippen molar-refractivity contribution in [3.8, 4) is 0 Å². The quantitative estimate of drug-likeness (QED) is 0.472. The van der Waals surface area contributed by atoms with Crippen LogP contribution < -0.4 is 5.32 Å². The van der Waals surface area contributed by atoms with Gasteiger partial charge in [0.2, 0.25) is 12.2 Å². The Hall–Kier alpha value is -2.43. The second-order valence-electron chi connectivity index (χ2n) is 3.91. The van der Waals surface area contributed by atoms with E-state index in [4.69, 9.17) is 0 Å². The van der Waals surface area contributed by atoms with E-state index >= 15 is 0 Å². The molecule has 0 unspecified atom stereocenters. The van der Waals surface area contributed by atoms with Crippen LogP contribution in [0.3, 0.4) is 0 Å². The van der Waals surface area contributed by atoms with Crippen molar-refractivity contribution in [2.75, 3.05) is 20.6 Å². The zero-order valence-electron chi connectivity index (χ0n) is 10.8. The van der Waals surface area contributed by atoms with E-state index in [0.29, 0.717) is 0 Å². The summed E-state index contributed by atoms with van der Waals surface area (Å²) in [5.41, 5.74) is 0.611. The summed E-state index contributed by atoms with van der Waals surface area (Å²) < 4.78 is 0. The van der Waals surface area contributed by atoms with Gasteiger partial charge < -0.3 is 10.2 Å². The topological polar surface area (TPSA) is 66.5 Å². The molecule has 0 fully saturated rings. The number of hydrogen-bond acceptors (Lipinski definition) is 3. The van der Waals surface area contributed by atoms with E-state index < -0.39 is 5.91 Å². The number of rotatable bonds is 5. The third-order valence-corrected chi connectivity index (χ3v) is 2.46. The molecule has 0 aliphatic carbocycles. The highest BCUT2D eigenvalue weighted by Gasteiger charge is 2.17. The summed E-state index contributed by atoms with van der Waals surface area (Å²) in [7, 11) is 2.93. The molecule has 1 radical (unpaired) electrons. The number of nitrogens with one attached hydrogen (secondary N) is 1. The summed E-state index contributed by atoms with van der Waals surface area (Å²) in [5, 5.41) is 2.41. The Balaban J connectivity index is 2.85. The molecule has 5 heteroatoms. The molecule has 19 heavy (non-hydrogen) atoms. The van der Waals surface area contributed by atoms with Gasteiger partial charge >= 0.3 is 0 Å². The van der Waals surface area contributed by atoms with Crippen LogP contribution in [0.4, 0.5) is 0 Å². The lowest BCUT2D eigenvalue weighted by molar-refractivity contribution is -0.131. The van der Waals surface area contributed by atoms with Gasteiger partial charge in [-0.25, -0.2) is 0 Å². The smallest absolute Gasteiger partial charge is 0.258 e. The zero-order valence-corrected chi connectivity index (χ0v) is 10.8. The van der Waals surface area contributed by atoms with Crippen molar-refractivity contribution in [3.63, 3.8) is 0 Å². The SMILES string of the molecule is CNC(=O)CN(C)C(=O)C([C]=O)=Cc1ccccc1. The lowest BCUT2D eigenvalue weighted by atomic mass is 10.1. The Morgan fingerprint density at radius 2 is 1.95 bits per heavy atom. The van der Waals surface area contributed by atoms with Crippen molar-refractivity contribution in [2.45, 2.75) is 0 Å². The molecule has 0 aromatic heterocycles. The lowest BCUT2D eigenvalue weighted by Gasteiger charge is -2.15. The van der Waals surface area contributed by atoms with Crippen LogP contribution in [0, 0.1) is 0 Å². The summed E-state index contributed by atoms with van der Waals surface area (Å²) in [4.78, 5) is 35.2. The fraction of sp³-hybridized carbons (Fsp3) is 0.214. The van der Waals surface area contributed by atoms with Gasteiger partial charge in [0.15, 0.2) is 0 Å². The average molecular weight is 259 g/mol. The molecule has 5 nitrogen and oxygen atoms in total. The van der Waals surface area contributed by atoms with Gasteiger partial charge in [-0.2, -0.15) is 0 Å². The maximum Gasteiger partial charge on any atom is 0.258 e. The van der Waals surface area contributed by atoms with Gasteiger partial charge in [0.25, 0.3) is 5.91 Å². The van der Waals surface area contributed by atoms with Crippen LogP contribution in [0.2, 0.25) is 0 Å². The molecular weight excluding hydrogens is 244 g/mol. The van der Waals surface area contributed by atoms with Crippen LogP contribution in [0.25, 0.3) is 6.08 Å². The molecule has 99 valence electrons. The van der Waals surface area contributed by atoms with Gasteiger partial charge in [-0.3, -0.25) is 14.4 Å². The molecule has 1 aromatic rings. The lowest BCUT2D eigenvalue weighted by Crippen LogP contribution is -2.37. The molecule has 1 rings (SSSR count). The maximum absolute atomic E-state index is 11.9. The molecule has 2 amide bonds. The van der Waals surface area contributed by atoms with Crippen molar-refractivity contribution in [2.24, 2.45) is 0 Å². The highest BCUT2D eigenvalue weighted by molar-refractivity contribution is 6.15. The van der Waals surface area contributed by atoms with Crippen LogP contribution >= 0.6 is 0 Å². The van der Waals surface area contributed by atoms with E-state index in [9.17, 15) is 14.4 Å². The second kappa shape index (κ2) is 7.10. The Morgan fingerprint density at radius 1 is 1.32 bits per heavy atom. The number of likely N-dealkylation sites (N-methyl/N-ethyl adjacent to an activating group) is 2. The monoisotopic (exact) mass is 259 g/mol. The Morgan fingerprint density at radius 3 is 2.47 bits per heavy atom. The van der Waals surface area contributed by atoms with Crippen LogP contribution in [-0.4, -0.2) is 43.6 Å². The largest absolute Gasteiger partial charge is 0.358 e. The first-order chi connectivity index (χ1) is 9.08. The fourth-order valence-corrected chi connectivity index (χ4v) is 1.42. The van der Waals surface area contributed by atoms with Crippen molar-refractivity contribution < 1.29 is 14.4 Å². The molecule has 0 heterocycles. The van der Waals surface area contributed by atoms with Crippen molar-refractivity contribution in [3.05, 3.63) is 41.5 Å². The van der Waals surface area contributed by atoms with Crippen molar-refractivity contribution in [1.82, 2.24) is 10.2 Å². The zero-order chi connectivity index (χ0) is 14.3. The molecule has 0 bridgehead atoms. The highest BCUT2D eigenvalue weighted by atomic mass is 16.2. The Labute approximate surface area is 111 Å². The van der Waals surface area contributed by atoms with E-state index in [1.807, 2.05) is 6.07 Å². The first-order valence-electron chi connectivity index (χ1n) is 5.69. The number of hydrogen-bond donors (Lipinski definition) is 1. The number of benzene rings is 1. The third-order valence-electron chi connectivity index (χ3n) is 2.46. The van der Waals surface area contributed by atoms with Crippen LogP contribution in [-0.2, 0) is 14.4 Å². The van der Waals surface area contributed by atoms with Crippen LogP contribution in [0.5, 0.6) is 0 Å². The summed E-state index contributed by atoms with van der Waals surface area (Å²) in [5.74, 6) is -0.844. The normalized spacial score (nSPS) is 10.7. The van der Waals surface area contributed by atoms with E-state index in [-0.39, 0.29) is 18.0 Å². The predicted octanol–water partition coefficient (Wildman–Crippen LogP) is 0.384. The molecule has 1 N–H and O–H groups in total. The van der Waals surface area contributed by atoms with E-state index in [1.165, 1.54) is 25.1 Å². The van der Waals surface area contributed by atoms with Gasteiger partial charge in [-0.15, -0.1) is 0 Å². The Bertz CT molecular complexity index is 495. The Kier molecular flexibility index (Phi) is 5.47. The van der Waals surface area contributed by atoms with E-state index in [2.05, 4.69) is 5.32 Å². The first kappa shape index (κ1) is 14.6. The molecule has 0 aliphatic rings. The summed E-state index contributed by atoms with van der Waals surface area (Å²) >= 11 is 0. The van der Waals surface area contributed by atoms with Gasteiger partial charge in [0.05, 0.1) is 12.1 Å². The summed E-state index contributed by atoms with van der Waals surface area (Å²) in [6.45, 7) is -0.108. The molecule has 0 atom stereocenters. The van der Waals surface area contributed by atoms with Gasteiger partial charge in [-0.1, -0.05) is 30.3 Å². The minimum absolute atomic E-state index is 0.108. The fourth-order valence-electron chi connectivity index (χ4n) is 1.42. The van der Waals surface area contributed by atoms with Crippen molar-refractivity contribution in [1.29, 1.82) is 0 Å². The molecule has 0 saturated heterocycles. The van der Waals surface area contributed by atoms with Crippen LogP contribution in [0.1, 0.15) is 5.56 Å². The summed E-state index contributed by atoms with van der Waals surface area (Å²) in [6, 6.07) is 8.97. The average Bonchev–Trinajstić information content (AvgIpc) is 2.44. The second-order valence-corrected chi connectivity index (χ2v) is 3.91. The molecule has 0 saturated carbocycles. The maximum atomic E-state index is 11.9. The van der Waals surface area contributed by atoms with E-state index in [0.717, 1.165) is 5.56 Å². The number of carbonyl (C=O) groups excluding carboxylic acids is 3. The van der Waals surface area contributed by atoms with Gasteiger partial charge in [0, 0.05) is 14.1 Å². The predicted molar refractivity (Wildman–Crippen MR) is 71.8 cm³/mol. The highest BCUT2D eigenvalue weighted by Crippen LogP contribution is 2.07. The molecule has 1 aromatic carbocycles. The van der Waals surface area contributed by atoms with Crippen LogP contribution in [0.15, 0.2) is 35.9 Å².